The molecule has 8 heteroatoms. The summed E-state index contributed by atoms with van der Waals surface area (Å²) in [7, 11) is 1.56. The predicted octanol–water partition coefficient (Wildman–Crippen LogP) is 1.83. The van der Waals surface area contributed by atoms with Crippen LogP contribution in [0, 0.1) is 0 Å². The van der Waals surface area contributed by atoms with Crippen LogP contribution in [-0.4, -0.2) is 38.0 Å². The van der Waals surface area contributed by atoms with E-state index in [0.717, 1.165) is 5.56 Å². The zero-order chi connectivity index (χ0) is 19.6. The van der Waals surface area contributed by atoms with Crippen molar-refractivity contribution in [2.45, 2.75) is 19.4 Å². The molecule has 1 unspecified atom stereocenters. The Morgan fingerprint density at radius 3 is 2.63 bits per heavy atom. The summed E-state index contributed by atoms with van der Waals surface area (Å²) < 4.78 is 15.1. The van der Waals surface area contributed by atoms with Gasteiger partial charge >= 0.3 is 5.97 Å². The van der Waals surface area contributed by atoms with E-state index in [1.165, 1.54) is 12.3 Å². The van der Waals surface area contributed by atoms with Crippen molar-refractivity contribution in [2.75, 3.05) is 20.3 Å². The molecular formula is C19H22N2O6. The lowest BCUT2D eigenvalue weighted by Gasteiger charge is -2.17. The Labute approximate surface area is 156 Å². The largest absolute Gasteiger partial charge is 0.496 e. The number of hydrogen-bond donors (Lipinski definition) is 2. The molecule has 144 valence electrons. The van der Waals surface area contributed by atoms with E-state index in [1.54, 1.807) is 19.2 Å². The lowest BCUT2D eigenvalue weighted by atomic mass is 10.1. The molecule has 0 radical (unpaired) electrons. The van der Waals surface area contributed by atoms with Gasteiger partial charge in [0, 0.05) is 12.1 Å². The van der Waals surface area contributed by atoms with Crippen molar-refractivity contribution in [1.82, 2.24) is 10.6 Å². The number of hydrogen-bond acceptors (Lipinski definition) is 6. The van der Waals surface area contributed by atoms with Crippen LogP contribution < -0.4 is 15.4 Å². The van der Waals surface area contributed by atoms with E-state index in [9.17, 15) is 14.4 Å². The molecule has 0 spiro atoms. The van der Waals surface area contributed by atoms with E-state index in [4.69, 9.17) is 13.9 Å². The first-order chi connectivity index (χ1) is 13.0. The summed E-state index contributed by atoms with van der Waals surface area (Å²) in [5.41, 5.74) is 0.820. The Bertz CT molecular complexity index is 772. The number of carbonyl (C=O) groups is 3. The highest BCUT2D eigenvalue weighted by Crippen LogP contribution is 2.24. The average molecular weight is 374 g/mol. The van der Waals surface area contributed by atoms with Crippen LogP contribution in [0.15, 0.2) is 47.1 Å². The first-order valence-electron chi connectivity index (χ1n) is 8.41. The number of para-hydroxylation sites is 1. The second-order valence-electron chi connectivity index (χ2n) is 5.68. The highest BCUT2D eigenvalue weighted by molar-refractivity contribution is 5.91. The monoisotopic (exact) mass is 374 g/mol. The van der Waals surface area contributed by atoms with Crippen molar-refractivity contribution in [3.63, 3.8) is 0 Å². The quantitative estimate of drug-likeness (QED) is 0.649. The maximum Gasteiger partial charge on any atom is 0.308 e. The van der Waals surface area contributed by atoms with E-state index >= 15 is 0 Å². The Balaban J connectivity index is 1.68. The number of furan rings is 1. The highest BCUT2D eigenvalue weighted by Gasteiger charge is 2.15. The molecule has 1 atom stereocenters. The van der Waals surface area contributed by atoms with Crippen molar-refractivity contribution in [1.29, 1.82) is 0 Å². The molecule has 0 aliphatic heterocycles. The average Bonchev–Trinajstić information content (AvgIpc) is 3.21. The fraction of sp³-hybridized carbons (Fsp3) is 0.316. The fourth-order valence-corrected chi connectivity index (χ4v) is 2.38. The van der Waals surface area contributed by atoms with Crippen molar-refractivity contribution in [3.05, 3.63) is 54.0 Å². The zero-order valence-electron chi connectivity index (χ0n) is 15.2. The molecule has 1 heterocycles. The SMILES string of the molecule is COc1ccccc1C(C)NC(=O)COC(=O)CCNC(=O)c1ccco1. The van der Waals surface area contributed by atoms with Crippen LogP contribution in [0.5, 0.6) is 5.75 Å². The standard InChI is InChI=1S/C19H22N2O6/c1-13(14-6-3-4-7-15(14)25-2)21-17(22)12-27-18(23)9-10-20-19(24)16-8-5-11-26-16/h3-8,11,13H,9-10,12H2,1-2H3,(H,20,24)(H,21,22). The summed E-state index contributed by atoms with van der Waals surface area (Å²) in [5.74, 6) is -0.616. The summed E-state index contributed by atoms with van der Waals surface area (Å²) in [6.07, 6.45) is 1.33. The van der Waals surface area contributed by atoms with Gasteiger partial charge in [-0.05, 0) is 25.1 Å². The van der Waals surface area contributed by atoms with Crippen LogP contribution in [0.3, 0.4) is 0 Å². The molecule has 0 aliphatic rings. The minimum atomic E-state index is -0.588. The summed E-state index contributed by atoms with van der Waals surface area (Å²) in [4.78, 5) is 35.3. The second-order valence-corrected chi connectivity index (χ2v) is 5.68. The predicted molar refractivity (Wildman–Crippen MR) is 96.2 cm³/mol. The van der Waals surface area contributed by atoms with Gasteiger partial charge in [-0.25, -0.2) is 0 Å². The summed E-state index contributed by atoms with van der Waals surface area (Å²) >= 11 is 0. The molecule has 0 bridgehead atoms. The van der Waals surface area contributed by atoms with Crippen LogP contribution in [0.4, 0.5) is 0 Å². The molecule has 0 saturated heterocycles. The van der Waals surface area contributed by atoms with Gasteiger partial charge in [-0.1, -0.05) is 18.2 Å². The Hall–Kier alpha value is -3.29. The third kappa shape index (κ3) is 6.18. The van der Waals surface area contributed by atoms with E-state index in [2.05, 4.69) is 10.6 Å². The minimum Gasteiger partial charge on any atom is -0.496 e. The first-order valence-corrected chi connectivity index (χ1v) is 8.41. The number of nitrogens with one attached hydrogen (secondary N) is 2. The molecule has 0 aliphatic carbocycles. The summed E-state index contributed by atoms with van der Waals surface area (Å²) in [6.45, 7) is 1.49. The van der Waals surface area contributed by atoms with Gasteiger partial charge in [0.25, 0.3) is 11.8 Å². The fourth-order valence-electron chi connectivity index (χ4n) is 2.38. The molecule has 1 aromatic carbocycles. The molecule has 8 nitrogen and oxygen atoms in total. The summed E-state index contributed by atoms with van der Waals surface area (Å²) in [6, 6.07) is 10.1. The number of benzene rings is 1. The minimum absolute atomic E-state index is 0.0538. The number of carbonyl (C=O) groups excluding carboxylic acids is 3. The molecule has 1 aromatic heterocycles. The molecular weight excluding hydrogens is 352 g/mol. The van der Waals surface area contributed by atoms with Crippen molar-refractivity contribution in [2.24, 2.45) is 0 Å². The smallest absolute Gasteiger partial charge is 0.308 e. The normalized spacial score (nSPS) is 11.3. The van der Waals surface area contributed by atoms with E-state index in [-0.39, 0.29) is 24.8 Å². The van der Waals surface area contributed by atoms with Crippen LogP contribution in [0.1, 0.15) is 35.5 Å². The number of esters is 1. The Morgan fingerprint density at radius 2 is 1.93 bits per heavy atom. The number of methoxy groups -OCH3 is 1. The van der Waals surface area contributed by atoms with E-state index in [0.29, 0.717) is 5.75 Å². The van der Waals surface area contributed by atoms with Gasteiger partial charge in [-0.15, -0.1) is 0 Å². The van der Waals surface area contributed by atoms with Crippen LogP contribution in [0.25, 0.3) is 0 Å². The molecule has 27 heavy (non-hydrogen) atoms. The number of amides is 2. The molecule has 2 amide bonds. The number of rotatable bonds is 9. The van der Waals surface area contributed by atoms with Crippen molar-refractivity contribution in [3.8, 4) is 5.75 Å². The van der Waals surface area contributed by atoms with Crippen molar-refractivity contribution >= 4 is 17.8 Å². The van der Waals surface area contributed by atoms with Gasteiger partial charge in [0.1, 0.15) is 5.75 Å². The van der Waals surface area contributed by atoms with Crippen LogP contribution in [0.2, 0.25) is 0 Å². The third-order valence-electron chi connectivity index (χ3n) is 3.71. The lowest BCUT2D eigenvalue weighted by molar-refractivity contribution is -0.148. The lowest BCUT2D eigenvalue weighted by Crippen LogP contribution is -2.32. The molecule has 2 aromatic rings. The van der Waals surface area contributed by atoms with Gasteiger partial charge in [0.05, 0.1) is 25.8 Å². The third-order valence-corrected chi connectivity index (χ3v) is 3.71. The summed E-state index contributed by atoms with van der Waals surface area (Å²) in [5, 5.41) is 5.26. The Kier molecular flexibility index (Phi) is 7.42. The maximum absolute atomic E-state index is 12.0. The Morgan fingerprint density at radius 1 is 1.15 bits per heavy atom. The van der Waals surface area contributed by atoms with E-state index < -0.39 is 24.4 Å². The zero-order valence-corrected chi connectivity index (χ0v) is 15.2. The maximum atomic E-state index is 12.0. The van der Waals surface area contributed by atoms with Gasteiger partial charge in [-0.3, -0.25) is 14.4 Å². The van der Waals surface area contributed by atoms with Gasteiger partial charge in [0.15, 0.2) is 12.4 Å². The van der Waals surface area contributed by atoms with Crippen LogP contribution >= 0.6 is 0 Å². The second kappa shape index (κ2) is 10.0. The number of ether oxygens (including phenoxy) is 2. The van der Waals surface area contributed by atoms with Gasteiger partial charge < -0.3 is 24.5 Å². The first kappa shape index (κ1) is 20.0. The highest BCUT2D eigenvalue weighted by atomic mass is 16.5. The van der Waals surface area contributed by atoms with Crippen LogP contribution in [-0.2, 0) is 14.3 Å². The molecule has 0 fully saturated rings. The molecule has 2 rings (SSSR count). The van der Waals surface area contributed by atoms with Gasteiger partial charge in [-0.2, -0.15) is 0 Å². The molecule has 2 N–H and O–H groups in total. The molecule has 0 saturated carbocycles. The van der Waals surface area contributed by atoms with Gasteiger partial charge in [0.2, 0.25) is 0 Å². The van der Waals surface area contributed by atoms with E-state index in [1.807, 2.05) is 25.1 Å². The van der Waals surface area contributed by atoms with Crippen molar-refractivity contribution < 1.29 is 28.3 Å². The topological polar surface area (TPSA) is 107 Å².